The molecular formula is C9H6ClN3O3. The van der Waals surface area contributed by atoms with Crippen molar-refractivity contribution in [2.45, 2.75) is 0 Å². The number of hydrogen-bond donors (Lipinski definition) is 1. The summed E-state index contributed by atoms with van der Waals surface area (Å²) in [6.07, 6.45) is 0. The lowest BCUT2D eigenvalue weighted by Crippen LogP contribution is -2.28. The minimum absolute atomic E-state index is 0.136. The van der Waals surface area contributed by atoms with Crippen LogP contribution < -0.4 is 10.6 Å². The first-order chi connectivity index (χ1) is 7.74. The van der Waals surface area contributed by atoms with Crippen LogP contribution in [-0.4, -0.2) is 5.97 Å². The number of rotatable bonds is 2. The van der Waals surface area contributed by atoms with Crippen LogP contribution in [0.1, 0.15) is 0 Å². The summed E-state index contributed by atoms with van der Waals surface area (Å²) < 4.78 is 0. The van der Waals surface area contributed by atoms with E-state index < -0.39 is 11.1 Å². The molecule has 82 valence electrons. The van der Waals surface area contributed by atoms with Crippen LogP contribution in [0.2, 0.25) is 0 Å². The van der Waals surface area contributed by atoms with Crippen LogP contribution in [-0.2, 0) is 9.63 Å². The second-order valence-electron chi connectivity index (χ2n) is 2.88. The van der Waals surface area contributed by atoms with Gasteiger partial charge in [-0.15, -0.1) is 4.91 Å². The maximum atomic E-state index is 11.3. The normalized spacial score (nSPS) is 18.3. The number of carbonyl (C=O) groups is 1. The van der Waals surface area contributed by atoms with E-state index in [1.807, 2.05) is 6.07 Å². The first kappa shape index (κ1) is 10.6. The van der Waals surface area contributed by atoms with Crippen molar-refractivity contribution in [3.05, 3.63) is 46.1 Å². The van der Waals surface area contributed by atoms with Gasteiger partial charge < -0.3 is 4.84 Å². The Morgan fingerprint density at radius 2 is 2.06 bits per heavy atom. The quantitative estimate of drug-likeness (QED) is 0.483. The van der Waals surface area contributed by atoms with Gasteiger partial charge >= 0.3 is 5.97 Å². The van der Waals surface area contributed by atoms with Crippen molar-refractivity contribution in [3.63, 3.8) is 0 Å². The monoisotopic (exact) mass is 239 g/mol. The predicted molar refractivity (Wildman–Crippen MR) is 56.8 cm³/mol. The van der Waals surface area contributed by atoms with Crippen molar-refractivity contribution in [3.8, 4) is 0 Å². The minimum Gasteiger partial charge on any atom is -0.345 e. The molecule has 0 radical (unpaired) electrons. The fraction of sp³-hybridized carbons (Fsp3) is 0. The highest BCUT2D eigenvalue weighted by atomic mass is 35.5. The second-order valence-corrected chi connectivity index (χ2v) is 3.24. The number of halogens is 1. The van der Waals surface area contributed by atoms with Gasteiger partial charge in [0.2, 0.25) is 5.16 Å². The van der Waals surface area contributed by atoms with E-state index in [9.17, 15) is 9.70 Å². The molecular weight excluding hydrogens is 234 g/mol. The van der Waals surface area contributed by atoms with Gasteiger partial charge in [-0.2, -0.15) is 0 Å². The zero-order chi connectivity index (χ0) is 11.5. The summed E-state index contributed by atoms with van der Waals surface area (Å²) in [7, 11) is 0. The van der Waals surface area contributed by atoms with E-state index in [4.69, 9.17) is 11.6 Å². The predicted octanol–water partition coefficient (Wildman–Crippen LogP) is 1.64. The van der Waals surface area contributed by atoms with Gasteiger partial charge in [-0.1, -0.05) is 35.4 Å². The van der Waals surface area contributed by atoms with Gasteiger partial charge in [-0.25, -0.2) is 9.80 Å². The summed E-state index contributed by atoms with van der Waals surface area (Å²) in [4.78, 5) is 26.2. The van der Waals surface area contributed by atoms with Crippen molar-refractivity contribution < 1.29 is 9.63 Å². The molecule has 0 amide bonds. The molecule has 0 spiro atoms. The third-order valence-corrected chi connectivity index (χ3v) is 2.18. The van der Waals surface area contributed by atoms with Crippen LogP contribution in [0, 0.1) is 4.91 Å². The smallest absolute Gasteiger partial charge is 0.345 e. The highest BCUT2D eigenvalue weighted by Crippen LogP contribution is 2.25. The van der Waals surface area contributed by atoms with Crippen LogP contribution in [0.25, 0.3) is 0 Å². The third kappa shape index (κ3) is 1.75. The topological polar surface area (TPSA) is 71.0 Å². The van der Waals surface area contributed by atoms with E-state index in [0.29, 0.717) is 5.69 Å². The molecule has 2 rings (SSSR count). The summed E-state index contributed by atoms with van der Waals surface area (Å²) in [6, 6.07) is 8.76. The Labute approximate surface area is 95.3 Å². The Bertz CT molecular complexity index is 460. The molecule has 1 aliphatic rings. The minimum atomic E-state index is -0.756. The van der Waals surface area contributed by atoms with Gasteiger partial charge in [0.15, 0.2) is 5.70 Å². The van der Waals surface area contributed by atoms with Crippen LogP contribution in [0.15, 0.2) is 46.4 Å². The summed E-state index contributed by atoms with van der Waals surface area (Å²) in [5.41, 5.74) is 2.80. The third-order valence-electron chi connectivity index (χ3n) is 1.94. The summed E-state index contributed by atoms with van der Waals surface area (Å²) in [5, 5.41) is 3.29. The molecule has 16 heavy (non-hydrogen) atoms. The lowest BCUT2D eigenvalue weighted by molar-refractivity contribution is -0.140. The van der Waals surface area contributed by atoms with Crippen molar-refractivity contribution in [2.75, 3.05) is 5.01 Å². The van der Waals surface area contributed by atoms with Gasteiger partial charge in [0, 0.05) is 0 Å². The number of benzene rings is 1. The Morgan fingerprint density at radius 3 is 2.69 bits per heavy atom. The summed E-state index contributed by atoms with van der Waals surface area (Å²) >= 11 is 5.53. The molecule has 1 aromatic rings. The lowest BCUT2D eigenvalue weighted by Gasteiger charge is -2.14. The molecule has 1 aromatic carbocycles. The molecule has 0 unspecified atom stereocenters. The van der Waals surface area contributed by atoms with Crippen LogP contribution in [0.4, 0.5) is 5.69 Å². The van der Waals surface area contributed by atoms with Gasteiger partial charge in [0.1, 0.15) is 0 Å². The highest BCUT2D eigenvalue weighted by molar-refractivity contribution is 6.31. The van der Waals surface area contributed by atoms with E-state index in [1.54, 1.807) is 24.3 Å². The number of nitroso groups, excluding NO2 is 1. The molecule has 1 fully saturated rings. The van der Waals surface area contributed by atoms with E-state index in [2.05, 4.69) is 15.6 Å². The van der Waals surface area contributed by atoms with Crippen molar-refractivity contribution in [1.29, 1.82) is 0 Å². The maximum Gasteiger partial charge on any atom is 0.380 e. The Hall–Kier alpha value is -1.92. The fourth-order valence-corrected chi connectivity index (χ4v) is 1.41. The van der Waals surface area contributed by atoms with Gasteiger partial charge in [-0.05, 0) is 17.3 Å². The number of carbonyl (C=O) groups excluding carboxylic acids is 1. The molecule has 0 bridgehead atoms. The first-order valence-electron chi connectivity index (χ1n) is 4.29. The van der Waals surface area contributed by atoms with E-state index in [0.717, 1.165) is 0 Å². The Morgan fingerprint density at radius 1 is 1.38 bits per heavy atom. The molecule has 0 aliphatic carbocycles. The average Bonchev–Trinajstić information content (AvgIpc) is 2.71. The Kier molecular flexibility index (Phi) is 2.84. The zero-order valence-electron chi connectivity index (χ0n) is 7.88. The molecule has 1 N–H and O–H groups in total. The number of para-hydroxylation sites is 1. The van der Waals surface area contributed by atoms with Gasteiger partial charge in [-0.3, -0.25) is 0 Å². The number of hydrazine groups is 1. The largest absolute Gasteiger partial charge is 0.380 e. The molecule has 1 heterocycles. The lowest BCUT2D eigenvalue weighted by atomic mass is 10.3. The summed E-state index contributed by atoms with van der Waals surface area (Å²) in [6.45, 7) is 0. The van der Waals surface area contributed by atoms with Crippen LogP contribution in [0.3, 0.4) is 0 Å². The van der Waals surface area contributed by atoms with Crippen LogP contribution >= 0.6 is 11.6 Å². The standard InChI is InChI=1S/C9H6ClN3O3/c10-8(11-15)7-9(14)16-12-13(7)6-4-2-1-3-5-6/h1-5,12H. The van der Waals surface area contributed by atoms with Crippen molar-refractivity contribution >= 4 is 23.3 Å². The first-order valence-corrected chi connectivity index (χ1v) is 4.67. The number of nitrogens with one attached hydrogen (secondary N) is 1. The zero-order valence-corrected chi connectivity index (χ0v) is 8.64. The maximum absolute atomic E-state index is 11.3. The van der Waals surface area contributed by atoms with Crippen LogP contribution in [0.5, 0.6) is 0 Å². The SMILES string of the molecule is O=NC(Cl)=C1C(=O)ONN1c1ccccc1. The number of anilines is 1. The fourth-order valence-electron chi connectivity index (χ4n) is 1.25. The van der Waals surface area contributed by atoms with Crippen molar-refractivity contribution in [1.82, 2.24) is 5.59 Å². The molecule has 6 nitrogen and oxygen atoms in total. The Balaban J connectivity index is 2.43. The molecule has 0 saturated carbocycles. The molecule has 7 heteroatoms. The van der Waals surface area contributed by atoms with Crippen molar-refractivity contribution in [2.24, 2.45) is 5.18 Å². The molecule has 0 aromatic heterocycles. The van der Waals surface area contributed by atoms with E-state index >= 15 is 0 Å². The number of nitrogens with zero attached hydrogens (tertiary/aromatic N) is 2. The van der Waals surface area contributed by atoms with E-state index in [1.165, 1.54) is 5.01 Å². The molecule has 1 saturated heterocycles. The van der Waals surface area contributed by atoms with Gasteiger partial charge in [0.05, 0.1) is 5.69 Å². The van der Waals surface area contributed by atoms with E-state index in [-0.39, 0.29) is 5.70 Å². The summed E-state index contributed by atoms with van der Waals surface area (Å²) in [5.74, 6) is -0.756. The van der Waals surface area contributed by atoms with Gasteiger partial charge in [0.25, 0.3) is 0 Å². The highest BCUT2D eigenvalue weighted by Gasteiger charge is 2.32. The second kappa shape index (κ2) is 4.30. The number of hydrogen-bond acceptors (Lipinski definition) is 6. The molecule has 0 atom stereocenters. The molecule has 1 aliphatic heterocycles. The average molecular weight is 240 g/mol.